The van der Waals surface area contributed by atoms with Crippen LogP contribution in [0.2, 0.25) is 20.6 Å². The summed E-state index contributed by atoms with van der Waals surface area (Å²) in [6.45, 7) is 3.88. The molecule has 2 saturated carbocycles. The van der Waals surface area contributed by atoms with E-state index in [9.17, 15) is 20.4 Å². The van der Waals surface area contributed by atoms with Crippen molar-refractivity contribution in [1.29, 1.82) is 0 Å². The summed E-state index contributed by atoms with van der Waals surface area (Å²) in [7, 11) is 0. The zero-order chi connectivity index (χ0) is 40.9. The molecular weight excluding hydrogens is 838 g/mol. The van der Waals surface area contributed by atoms with E-state index in [0.29, 0.717) is 69.1 Å². The highest BCUT2D eigenvalue weighted by molar-refractivity contribution is 6.33. The molecule has 0 spiro atoms. The number of hydrogen-bond donors (Lipinski definition) is 6. The molecule has 6 aromatic rings. The number of fused-ring (bicyclic) bond motifs is 3. The summed E-state index contributed by atoms with van der Waals surface area (Å²) in [5, 5.41) is 64.0. The van der Waals surface area contributed by atoms with Gasteiger partial charge in [0.25, 0.3) is 0 Å². The lowest BCUT2D eigenvalue weighted by Gasteiger charge is -2.23. The molecule has 2 aromatic carbocycles. The van der Waals surface area contributed by atoms with E-state index >= 15 is 0 Å². The van der Waals surface area contributed by atoms with E-state index in [-0.39, 0.29) is 47.9 Å². The topological polar surface area (TPSA) is 236 Å². The molecule has 58 heavy (non-hydrogen) atoms. The van der Waals surface area contributed by atoms with Gasteiger partial charge in [-0.15, -0.1) is 10.2 Å². The van der Waals surface area contributed by atoms with Crippen molar-refractivity contribution in [3.8, 4) is 0 Å². The fourth-order valence-electron chi connectivity index (χ4n) is 7.77. The molecule has 0 radical (unpaired) electrons. The zero-order valence-corrected chi connectivity index (χ0v) is 33.9. The van der Waals surface area contributed by atoms with Crippen LogP contribution in [0.5, 0.6) is 0 Å². The lowest BCUT2D eigenvalue weighted by atomic mass is 10.1. The number of aliphatic hydroxyl groups excluding tert-OH is 4. The van der Waals surface area contributed by atoms with Crippen LogP contribution in [-0.4, -0.2) is 114 Å². The van der Waals surface area contributed by atoms with Gasteiger partial charge in [0.1, 0.15) is 12.2 Å². The maximum absolute atomic E-state index is 10.4. The van der Waals surface area contributed by atoms with Crippen LogP contribution in [0.1, 0.15) is 44.3 Å². The number of halogens is 4. The number of nitrogens with one attached hydrogen (secondary N) is 2. The Labute approximate surface area is 350 Å². The van der Waals surface area contributed by atoms with Gasteiger partial charge in [-0.25, -0.2) is 9.36 Å². The summed E-state index contributed by atoms with van der Waals surface area (Å²) in [4.78, 5) is 17.0. The van der Waals surface area contributed by atoms with Crippen LogP contribution >= 0.6 is 46.4 Å². The average molecular weight is 877 g/mol. The zero-order valence-electron chi connectivity index (χ0n) is 30.9. The molecule has 0 bridgehead atoms. The highest BCUT2D eigenvalue weighted by Gasteiger charge is 2.55. The summed E-state index contributed by atoms with van der Waals surface area (Å²) in [6.07, 6.45) is -1.71. The Bertz CT molecular complexity index is 2440. The Kier molecular flexibility index (Phi) is 11.6. The summed E-state index contributed by atoms with van der Waals surface area (Å²) in [5.41, 5.74) is 3.18. The van der Waals surface area contributed by atoms with Crippen LogP contribution in [0.25, 0.3) is 22.3 Å². The number of aromatic nitrogens is 10. The molecule has 3 aliphatic rings. The number of ether oxygens (including phenoxy) is 2. The third-order valence-corrected chi connectivity index (χ3v) is 11.6. The van der Waals surface area contributed by atoms with Gasteiger partial charge >= 0.3 is 0 Å². The first-order valence-corrected chi connectivity index (χ1v) is 19.9. The normalized spacial score (nSPS) is 26.2. The standard InChI is InChI=1S/C19H20Cl2N6O3.C17H18Cl2N6O3/c1-19(2)29-14-9(8-28)7-12(15(14)30-19)27-17-13(25-26-27)16(23-18(21)24-17)22-11-6-4-3-5-10(11)20;18-10-4-2-1-3-8(10)6-20-15-12-16(22-17(19)21-15)25(24-23-12)11-5-9(7-26)13(27)14(11)28/h3-6,9,12,14-15,28H,7-8H2,1-2H3,(H,22,23,24);1-4,9,11,13-14,26-28H,5-7H2,(H,20,21,22)/t9-,12-,14-,15+;9-,11-,13-,14+/m11/s1. The van der Waals surface area contributed by atoms with Gasteiger partial charge < -0.3 is 40.5 Å². The molecule has 0 amide bonds. The second kappa shape index (κ2) is 16.5. The molecule has 22 heteroatoms. The Morgan fingerprint density at radius 3 is 1.91 bits per heavy atom. The van der Waals surface area contributed by atoms with E-state index < -0.39 is 30.0 Å². The largest absolute Gasteiger partial charge is 0.396 e. The van der Waals surface area contributed by atoms with Crippen molar-refractivity contribution >= 4 is 86.1 Å². The second-order valence-electron chi connectivity index (χ2n) is 14.7. The fourth-order valence-corrected chi connectivity index (χ4v) is 8.49. The number of rotatable bonds is 9. The SMILES string of the molecule is CC1(C)O[C@@H]2[C@@H](CO)C[C@@H](n3nnc4c(Nc5ccccc5Cl)nc(Cl)nc43)[C@@H]2O1.OC[C@H]1C[C@@H](n2nnc3c(NCc4ccccc4Cl)nc(Cl)nc32)[C@H](O)[C@@H]1O. The third-order valence-electron chi connectivity index (χ3n) is 10.5. The maximum atomic E-state index is 10.4. The van der Waals surface area contributed by atoms with Crippen molar-refractivity contribution in [2.45, 2.75) is 75.5 Å². The molecule has 1 saturated heterocycles. The highest BCUT2D eigenvalue weighted by Crippen LogP contribution is 2.47. The molecule has 306 valence electrons. The Morgan fingerprint density at radius 1 is 0.707 bits per heavy atom. The predicted molar refractivity (Wildman–Crippen MR) is 214 cm³/mol. The molecule has 6 N–H and O–H groups in total. The minimum Gasteiger partial charge on any atom is -0.396 e. The van der Waals surface area contributed by atoms with Crippen molar-refractivity contribution in [1.82, 2.24) is 49.9 Å². The van der Waals surface area contributed by atoms with Gasteiger partial charge in [0.2, 0.25) is 10.6 Å². The molecule has 5 heterocycles. The molecule has 4 aromatic heterocycles. The van der Waals surface area contributed by atoms with Gasteiger partial charge in [0.05, 0.1) is 35.0 Å². The van der Waals surface area contributed by atoms with E-state index in [1.54, 1.807) is 16.8 Å². The minimum absolute atomic E-state index is 0.00120. The molecule has 1 aliphatic heterocycles. The van der Waals surface area contributed by atoms with Crippen molar-refractivity contribution < 1.29 is 29.9 Å². The van der Waals surface area contributed by atoms with Crippen LogP contribution < -0.4 is 10.6 Å². The van der Waals surface area contributed by atoms with E-state index in [1.165, 1.54) is 4.68 Å². The Hall–Kier alpha value is -4.08. The number of anilines is 3. The summed E-state index contributed by atoms with van der Waals surface area (Å²) >= 11 is 24.7. The first-order chi connectivity index (χ1) is 27.8. The summed E-state index contributed by atoms with van der Waals surface area (Å²) in [5.74, 6) is -0.468. The van der Waals surface area contributed by atoms with Crippen molar-refractivity contribution in [2.24, 2.45) is 11.8 Å². The van der Waals surface area contributed by atoms with Crippen molar-refractivity contribution in [3.05, 3.63) is 74.7 Å². The first kappa shape index (κ1) is 40.7. The Balaban J connectivity index is 0.000000162. The second-order valence-corrected chi connectivity index (χ2v) is 16.2. The number of aliphatic hydroxyl groups is 4. The van der Waals surface area contributed by atoms with Crippen molar-refractivity contribution in [3.63, 3.8) is 0 Å². The number of benzene rings is 2. The Morgan fingerprint density at radius 2 is 1.28 bits per heavy atom. The summed E-state index contributed by atoms with van der Waals surface area (Å²) in [6, 6.07) is 13.9. The third kappa shape index (κ3) is 7.85. The molecule has 8 atom stereocenters. The van der Waals surface area contributed by atoms with Crippen molar-refractivity contribution in [2.75, 3.05) is 23.8 Å². The summed E-state index contributed by atoms with van der Waals surface area (Å²) < 4.78 is 15.3. The van der Waals surface area contributed by atoms with Crippen LogP contribution in [0.3, 0.4) is 0 Å². The quantitative estimate of drug-likeness (QED) is 0.107. The molecule has 0 unspecified atom stereocenters. The molecular formula is C36H38Cl4N12O6. The van der Waals surface area contributed by atoms with Gasteiger partial charge in [0, 0.05) is 36.6 Å². The van der Waals surface area contributed by atoms with Gasteiger partial charge in [-0.2, -0.15) is 19.9 Å². The average Bonchev–Trinajstić information content (AvgIpc) is 4.01. The molecule has 9 rings (SSSR count). The van der Waals surface area contributed by atoms with Crippen LogP contribution in [-0.2, 0) is 16.0 Å². The van der Waals surface area contributed by atoms with E-state index in [0.717, 1.165) is 5.56 Å². The fraction of sp³-hybridized carbons (Fsp3) is 0.444. The first-order valence-electron chi connectivity index (χ1n) is 18.3. The van der Waals surface area contributed by atoms with E-state index in [2.05, 4.69) is 51.2 Å². The smallest absolute Gasteiger partial charge is 0.226 e. The number of nitrogens with zero attached hydrogens (tertiary/aromatic N) is 10. The lowest BCUT2D eigenvalue weighted by molar-refractivity contribution is -0.162. The molecule has 2 aliphatic carbocycles. The molecule has 18 nitrogen and oxygen atoms in total. The number of para-hydroxylation sites is 1. The van der Waals surface area contributed by atoms with Gasteiger partial charge in [0.15, 0.2) is 39.8 Å². The van der Waals surface area contributed by atoms with Crippen LogP contribution in [0.15, 0.2) is 48.5 Å². The van der Waals surface area contributed by atoms with Gasteiger partial charge in [-0.05, 0) is 73.7 Å². The van der Waals surface area contributed by atoms with E-state index in [1.807, 2.05) is 50.2 Å². The maximum Gasteiger partial charge on any atom is 0.226 e. The predicted octanol–water partition coefficient (Wildman–Crippen LogP) is 4.76. The van der Waals surface area contributed by atoms with Gasteiger partial charge in [-0.1, -0.05) is 64.0 Å². The lowest BCUT2D eigenvalue weighted by Crippen LogP contribution is -2.30. The molecule has 3 fully saturated rings. The minimum atomic E-state index is -1.10. The number of hydrogen-bond acceptors (Lipinski definition) is 16. The highest BCUT2D eigenvalue weighted by atomic mass is 35.5. The van der Waals surface area contributed by atoms with Gasteiger partial charge in [-0.3, -0.25) is 0 Å². The van der Waals surface area contributed by atoms with E-state index in [4.69, 9.17) is 55.9 Å². The monoisotopic (exact) mass is 874 g/mol. The van der Waals surface area contributed by atoms with Crippen LogP contribution in [0, 0.1) is 11.8 Å². The van der Waals surface area contributed by atoms with Crippen LogP contribution in [0.4, 0.5) is 17.3 Å².